The molecule has 16 heavy (non-hydrogen) atoms. The van der Waals surface area contributed by atoms with E-state index in [0.717, 1.165) is 13.0 Å². The van der Waals surface area contributed by atoms with E-state index in [1.165, 1.54) is 25.7 Å². The van der Waals surface area contributed by atoms with Crippen molar-refractivity contribution in [1.29, 1.82) is 0 Å². The Balaban J connectivity index is 2.31. The second-order valence-electron chi connectivity index (χ2n) is 5.42. The van der Waals surface area contributed by atoms with Crippen LogP contribution < -0.4 is 5.73 Å². The Bertz CT molecular complexity index is 220. The van der Waals surface area contributed by atoms with E-state index in [-0.39, 0.29) is 0 Å². The van der Waals surface area contributed by atoms with Crippen LogP contribution in [-0.4, -0.2) is 30.4 Å². The summed E-state index contributed by atoms with van der Waals surface area (Å²) in [5.41, 5.74) is 5.66. The summed E-state index contributed by atoms with van der Waals surface area (Å²) in [6.07, 6.45) is 5.50. The number of hydrogen-bond acceptors (Lipinski definition) is 2. The quantitative estimate of drug-likeness (QED) is 0.797. The summed E-state index contributed by atoms with van der Waals surface area (Å²) in [6.45, 7) is 4.93. The first kappa shape index (κ1) is 13.5. The van der Waals surface area contributed by atoms with Gasteiger partial charge in [0.05, 0.1) is 0 Å². The van der Waals surface area contributed by atoms with Crippen molar-refractivity contribution in [2.24, 2.45) is 17.6 Å². The third-order valence-corrected chi connectivity index (χ3v) is 3.93. The molecule has 3 heteroatoms. The number of carbonyl (C=O) groups is 1. The number of nitrogens with zero attached hydrogens (tertiary/aromatic N) is 1. The maximum absolute atomic E-state index is 11.9. The van der Waals surface area contributed by atoms with Crippen LogP contribution >= 0.6 is 0 Å². The van der Waals surface area contributed by atoms with E-state index in [1.807, 2.05) is 11.9 Å². The zero-order chi connectivity index (χ0) is 12.1. The van der Waals surface area contributed by atoms with Gasteiger partial charge < -0.3 is 10.6 Å². The first-order valence-corrected chi connectivity index (χ1v) is 6.50. The third-order valence-electron chi connectivity index (χ3n) is 3.93. The smallest absolute Gasteiger partial charge is 0.222 e. The highest BCUT2D eigenvalue weighted by Crippen LogP contribution is 2.30. The highest BCUT2D eigenvalue weighted by molar-refractivity contribution is 5.76. The van der Waals surface area contributed by atoms with Crippen LogP contribution in [-0.2, 0) is 4.79 Å². The standard InChI is InChI=1S/C13H26N2O/c1-10(2)15(3)13(16)8-11-4-6-12(9-14)7-5-11/h10-12H,4-9,14H2,1-3H3. The van der Waals surface area contributed by atoms with Gasteiger partial charge in [0, 0.05) is 19.5 Å². The van der Waals surface area contributed by atoms with Gasteiger partial charge in [-0.15, -0.1) is 0 Å². The normalized spacial score (nSPS) is 25.8. The molecule has 1 saturated carbocycles. The fourth-order valence-corrected chi connectivity index (χ4v) is 2.35. The third kappa shape index (κ3) is 3.78. The van der Waals surface area contributed by atoms with Crippen molar-refractivity contribution >= 4 is 5.91 Å². The Kier molecular flexibility index (Phi) is 5.26. The van der Waals surface area contributed by atoms with E-state index in [2.05, 4.69) is 13.8 Å². The molecule has 0 spiro atoms. The minimum atomic E-state index is 0.297. The molecule has 0 saturated heterocycles. The van der Waals surface area contributed by atoms with Crippen LogP contribution in [0.2, 0.25) is 0 Å². The van der Waals surface area contributed by atoms with Crippen molar-refractivity contribution < 1.29 is 4.79 Å². The largest absolute Gasteiger partial charge is 0.343 e. The van der Waals surface area contributed by atoms with Gasteiger partial charge in [-0.05, 0) is 57.9 Å². The minimum absolute atomic E-state index is 0.297. The molecule has 2 N–H and O–H groups in total. The lowest BCUT2D eigenvalue weighted by atomic mass is 9.80. The number of rotatable bonds is 4. The number of carbonyl (C=O) groups excluding carboxylic acids is 1. The zero-order valence-corrected chi connectivity index (χ0v) is 10.9. The van der Waals surface area contributed by atoms with Gasteiger partial charge in [-0.3, -0.25) is 4.79 Å². The molecule has 1 rings (SSSR count). The van der Waals surface area contributed by atoms with Gasteiger partial charge in [-0.25, -0.2) is 0 Å². The molecule has 0 unspecified atom stereocenters. The molecular weight excluding hydrogens is 200 g/mol. The van der Waals surface area contributed by atoms with E-state index in [9.17, 15) is 4.79 Å². The summed E-state index contributed by atoms with van der Waals surface area (Å²) in [7, 11) is 1.90. The monoisotopic (exact) mass is 226 g/mol. The van der Waals surface area contributed by atoms with Crippen molar-refractivity contribution in [2.75, 3.05) is 13.6 Å². The Morgan fingerprint density at radius 2 is 1.75 bits per heavy atom. The second kappa shape index (κ2) is 6.24. The van der Waals surface area contributed by atoms with Gasteiger partial charge >= 0.3 is 0 Å². The molecule has 3 nitrogen and oxygen atoms in total. The first-order valence-electron chi connectivity index (χ1n) is 6.50. The fraction of sp³-hybridized carbons (Fsp3) is 0.923. The van der Waals surface area contributed by atoms with Crippen LogP contribution in [0.4, 0.5) is 0 Å². The van der Waals surface area contributed by atoms with Crippen LogP contribution in [0.1, 0.15) is 46.0 Å². The molecule has 1 aliphatic carbocycles. The second-order valence-corrected chi connectivity index (χ2v) is 5.42. The molecule has 1 aliphatic rings. The minimum Gasteiger partial charge on any atom is -0.343 e. The van der Waals surface area contributed by atoms with E-state index < -0.39 is 0 Å². The fourth-order valence-electron chi connectivity index (χ4n) is 2.35. The Morgan fingerprint density at radius 1 is 1.25 bits per heavy atom. The van der Waals surface area contributed by atoms with Gasteiger partial charge in [-0.2, -0.15) is 0 Å². The van der Waals surface area contributed by atoms with Crippen molar-refractivity contribution in [3.05, 3.63) is 0 Å². The van der Waals surface area contributed by atoms with Crippen molar-refractivity contribution in [2.45, 2.75) is 52.0 Å². The molecule has 0 aromatic carbocycles. The summed E-state index contributed by atoms with van der Waals surface area (Å²) in [4.78, 5) is 13.8. The van der Waals surface area contributed by atoms with Gasteiger partial charge in [0.2, 0.25) is 5.91 Å². The number of hydrogen-bond donors (Lipinski definition) is 1. The molecule has 0 heterocycles. The van der Waals surface area contributed by atoms with Crippen LogP contribution in [0.5, 0.6) is 0 Å². The summed E-state index contributed by atoms with van der Waals surface area (Å²) in [5, 5.41) is 0. The SMILES string of the molecule is CC(C)N(C)C(=O)CC1CCC(CN)CC1. The van der Waals surface area contributed by atoms with Crippen molar-refractivity contribution in [3.8, 4) is 0 Å². The molecule has 0 atom stereocenters. The topological polar surface area (TPSA) is 46.3 Å². The zero-order valence-electron chi connectivity index (χ0n) is 10.9. The summed E-state index contributed by atoms with van der Waals surface area (Å²) in [6, 6.07) is 0.313. The van der Waals surface area contributed by atoms with Crippen molar-refractivity contribution in [1.82, 2.24) is 4.90 Å². The summed E-state index contributed by atoms with van der Waals surface area (Å²) >= 11 is 0. The molecule has 0 bridgehead atoms. The Labute approximate surface area is 99.4 Å². The maximum Gasteiger partial charge on any atom is 0.222 e. The molecule has 0 aromatic rings. The lowest BCUT2D eigenvalue weighted by Gasteiger charge is -2.29. The predicted molar refractivity (Wildman–Crippen MR) is 67.0 cm³/mol. The summed E-state index contributed by atoms with van der Waals surface area (Å²) in [5.74, 6) is 1.59. The van der Waals surface area contributed by atoms with Gasteiger partial charge in [-0.1, -0.05) is 0 Å². The predicted octanol–water partition coefficient (Wildman–Crippen LogP) is 2.01. The van der Waals surface area contributed by atoms with Gasteiger partial charge in [0.25, 0.3) is 0 Å². The molecule has 1 amide bonds. The Hall–Kier alpha value is -0.570. The molecule has 94 valence electrons. The van der Waals surface area contributed by atoms with Crippen LogP contribution in [0.15, 0.2) is 0 Å². The van der Waals surface area contributed by atoms with Crippen LogP contribution in [0.3, 0.4) is 0 Å². The van der Waals surface area contributed by atoms with Crippen molar-refractivity contribution in [3.63, 3.8) is 0 Å². The molecule has 0 aromatic heterocycles. The molecule has 0 radical (unpaired) electrons. The molecule has 0 aliphatic heterocycles. The average molecular weight is 226 g/mol. The Morgan fingerprint density at radius 3 is 2.19 bits per heavy atom. The highest BCUT2D eigenvalue weighted by atomic mass is 16.2. The highest BCUT2D eigenvalue weighted by Gasteiger charge is 2.23. The molecular formula is C13H26N2O. The summed E-state index contributed by atoms with van der Waals surface area (Å²) < 4.78 is 0. The maximum atomic E-state index is 11.9. The van der Waals surface area contributed by atoms with Crippen LogP contribution in [0.25, 0.3) is 0 Å². The van der Waals surface area contributed by atoms with E-state index in [4.69, 9.17) is 5.73 Å². The van der Waals surface area contributed by atoms with E-state index in [1.54, 1.807) is 0 Å². The lowest BCUT2D eigenvalue weighted by Crippen LogP contribution is -2.35. The molecule has 1 fully saturated rings. The lowest BCUT2D eigenvalue weighted by molar-refractivity contribution is -0.132. The number of nitrogens with two attached hydrogens (primary N) is 1. The van der Waals surface area contributed by atoms with E-state index >= 15 is 0 Å². The average Bonchev–Trinajstić information content (AvgIpc) is 2.28. The number of amides is 1. The van der Waals surface area contributed by atoms with Crippen LogP contribution in [0, 0.1) is 11.8 Å². The van der Waals surface area contributed by atoms with Gasteiger partial charge in [0.15, 0.2) is 0 Å². The van der Waals surface area contributed by atoms with E-state index in [0.29, 0.717) is 23.8 Å². The first-order chi connectivity index (χ1) is 7.54. The van der Waals surface area contributed by atoms with Gasteiger partial charge in [0.1, 0.15) is 0 Å².